The van der Waals surface area contributed by atoms with Crippen molar-refractivity contribution in [2.24, 2.45) is 0 Å². The van der Waals surface area contributed by atoms with E-state index in [2.05, 4.69) is 11.4 Å². The van der Waals surface area contributed by atoms with Gasteiger partial charge in [-0.15, -0.1) is 0 Å². The number of nitriles is 1. The topological polar surface area (TPSA) is 65.4 Å². The Kier molecular flexibility index (Phi) is 6.25. The summed E-state index contributed by atoms with van der Waals surface area (Å²) in [6.07, 6.45) is -0.320. The van der Waals surface area contributed by atoms with Gasteiger partial charge in [-0.3, -0.25) is 0 Å². The third kappa shape index (κ3) is 6.11. The lowest BCUT2D eigenvalue weighted by molar-refractivity contribution is 0.00749. The molecule has 5 heteroatoms. The third-order valence-corrected chi connectivity index (χ3v) is 3.44. The molecule has 0 aliphatic carbocycles. The van der Waals surface area contributed by atoms with Gasteiger partial charge in [0.2, 0.25) is 0 Å². The summed E-state index contributed by atoms with van der Waals surface area (Å²) < 4.78 is 5.51. The zero-order valence-corrected chi connectivity index (χ0v) is 15.9. The highest BCUT2D eigenvalue weighted by molar-refractivity contribution is 5.69. The van der Waals surface area contributed by atoms with E-state index in [-0.39, 0.29) is 11.6 Å². The Balaban J connectivity index is 2.77. The van der Waals surface area contributed by atoms with Gasteiger partial charge >= 0.3 is 6.09 Å². The van der Waals surface area contributed by atoms with Gasteiger partial charge in [-0.2, -0.15) is 5.26 Å². The Labute approximate surface area is 145 Å². The first kappa shape index (κ1) is 19.8. The standard InChI is InChI=1S/C19H29N3O2/c1-14-8-9-15(13-20)12-16(14)21-10-11-22(18(2,3)4)17(23)24-19(5,6)7/h8-9,12,21H,10-11H2,1-7H3. The molecular formula is C19H29N3O2. The van der Waals surface area contributed by atoms with E-state index in [4.69, 9.17) is 10.00 Å². The molecular weight excluding hydrogens is 302 g/mol. The lowest BCUT2D eigenvalue weighted by Crippen LogP contribution is -2.49. The number of carbonyl (C=O) groups is 1. The summed E-state index contributed by atoms with van der Waals surface area (Å²) in [6, 6.07) is 7.67. The second-order valence-corrected chi connectivity index (χ2v) is 7.87. The summed E-state index contributed by atoms with van der Waals surface area (Å²) in [7, 11) is 0. The summed E-state index contributed by atoms with van der Waals surface area (Å²) >= 11 is 0. The molecule has 1 aromatic rings. The lowest BCUT2D eigenvalue weighted by Gasteiger charge is -2.37. The van der Waals surface area contributed by atoms with Crippen LogP contribution in [-0.4, -0.2) is 35.2 Å². The maximum atomic E-state index is 12.4. The van der Waals surface area contributed by atoms with Crippen molar-refractivity contribution in [2.75, 3.05) is 18.4 Å². The maximum Gasteiger partial charge on any atom is 0.410 e. The van der Waals surface area contributed by atoms with Crippen LogP contribution in [0.2, 0.25) is 0 Å². The normalized spacial score (nSPS) is 11.6. The minimum atomic E-state index is -0.522. The Bertz CT molecular complexity index is 619. The smallest absolute Gasteiger partial charge is 0.410 e. The average molecular weight is 331 g/mol. The molecule has 0 heterocycles. The van der Waals surface area contributed by atoms with Crippen LogP contribution in [0.4, 0.5) is 10.5 Å². The zero-order valence-electron chi connectivity index (χ0n) is 15.9. The van der Waals surface area contributed by atoms with Crippen molar-refractivity contribution < 1.29 is 9.53 Å². The Morgan fingerprint density at radius 3 is 2.38 bits per heavy atom. The highest BCUT2D eigenvalue weighted by atomic mass is 16.6. The fourth-order valence-electron chi connectivity index (χ4n) is 2.20. The second-order valence-electron chi connectivity index (χ2n) is 7.87. The van der Waals surface area contributed by atoms with Crippen LogP contribution in [-0.2, 0) is 4.74 Å². The molecule has 5 nitrogen and oxygen atoms in total. The van der Waals surface area contributed by atoms with E-state index in [1.165, 1.54) is 0 Å². The van der Waals surface area contributed by atoms with Crippen LogP contribution in [0.5, 0.6) is 0 Å². The molecule has 132 valence electrons. The molecule has 1 aromatic carbocycles. The van der Waals surface area contributed by atoms with E-state index in [1.54, 1.807) is 11.0 Å². The van der Waals surface area contributed by atoms with Crippen molar-refractivity contribution in [3.05, 3.63) is 29.3 Å². The molecule has 1 amide bonds. The summed E-state index contributed by atoms with van der Waals surface area (Å²) in [5, 5.41) is 12.3. The molecule has 0 fully saturated rings. The average Bonchev–Trinajstić information content (AvgIpc) is 2.41. The zero-order chi connectivity index (χ0) is 18.5. The fourth-order valence-corrected chi connectivity index (χ4v) is 2.20. The molecule has 0 saturated carbocycles. The van der Waals surface area contributed by atoms with Crippen molar-refractivity contribution in [2.45, 2.75) is 59.6 Å². The Morgan fingerprint density at radius 2 is 1.88 bits per heavy atom. The minimum Gasteiger partial charge on any atom is -0.444 e. The van der Waals surface area contributed by atoms with Gasteiger partial charge in [0.25, 0.3) is 0 Å². The quantitative estimate of drug-likeness (QED) is 0.892. The predicted molar refractivity (Wildman–Crippen MR) is 97.1 cm³/mol. The summed E-state index contributed by atoms with van der Waals surface area (Å²) in [4.78, 5) is 14.2. The first-order valence-corrected chi connectivity index (χ1v) is 8.19. The summed E-state index contributed by atoms with van der Waals surface area (Å²) in [6.45, 7) is 14.6. The van der Waals surface area contributed by atoms with Crippen molar-refractivity contribution in [3.8, 4) is 6.07 Å². The van der Waals surface area contributed by atoms with Crippen molar-refractivity contribution >= 4 is 11.8 Å². The molecule has 0 spiro atoms. The number of rotatable bonds is 4. The number of hydrogen-bond donors (Lipinski definition) is 1. The van der Waals surface area contributed by atoms with Crippen LogP contribution in [0.3, 0.4) is 0 Å². The predicted octanol–water partition coefficient (Wildman–Crippen LogP) is 4.31. The van der Waals surface area contributed by atoms with E-state index in [0.29, 0.717) is 18.7 Å². The highest BCUT2D eigenvalue weighted by Gasteiger charge is 2.30. The Morgan fingerprint density at radius 1 is 1.25 bits per heavy atom. The number of hydrogen-bond acceptors (Lipinski definition) is 4. The second kappa shape index (κ2) is 7.57. The van der Waals surface area contributed by atoms with E-state index in [0.717, 1.165) is 11.3 Å². The molecule has 0 saturated heterocycles. The molecule has 0 aliphatic heterocycles. The molecule has 0 aromatic heterocycles. The molecule has 1 N–H and O–H groups in total. The van der Waals surface area contributed by atoms with Crippen LogP contribution in [0.1, 0.15) is 52.7 Å². The summed E-state index contributed by atoms with van der Waals surface area (Å²) in [5.74, 6) is 0. The lowest BCUT2D eigenvalue weighted by atomic mass is 10.1. The van der Waals surface area contributed by atoms with Gasteiger partial charge in [0.15, 0.2) is 0 Å². The number of anilines is 1. The number of ether oxygens (including phenoxy) is 1. The minimum absolute atomic E-state index is 0.320. The summed E-state index contributed by atoms with van der Waals surface area (Å²) in [5.41, 5.74) is 1.72. The Hall–Kier alpha value is -2.22. The fraction of sp³-hybridized carbons (Fsp3) is 0.579. The third-order valence-electron chi connectivity index (χ3n) is 3.44. The number of nitrogens with zero attached hydrogens (tertiary/aromatic N) is 2. The molecule has 0 atom stereocenters. The van der Waals surface area contributed by atoms with Gasteiger partial charge in [-0.1, -0.05) is 6.07 Å². The van der Waals surface area contributed by atoms with Gasteiger partial charge < -0.3 is 15.0 Å². The number of benzene rings is 1. The van der Waals surface area contributed by atoms with Crippen LogP contribution >= 0.6 is 0 Å². The number of amides is 1. The van der Waals surface area contributed by atoms with Crippen LogP contribution < -0.4 is 5.32 Å². The van der Waals surface area contributed by atoms with Crippen molar-refractivity contribution in [1.82, 2.24) is 4.90 Å². The number of nitrogens with one attached hydrogen (secondary N) is 1. The highest BCUT2D eigenvalue weighted by Crippen LogP contribution is 2.19. The van der Waals surface area contributed by atoms with Crippen LogP contribution in [0.15, 0.2) is 18.2 Å². The van der Waals surface area contributed by atoms with Crippen molar-refractivity contribution in [3.63, 3.8) is 0 Å². The first-order valence-electron chi connectivity index (χ1n) is 8.19. The molecule has 0 radical (unpaired) electrons. The van der Waals surface area contributed by atoms with Gasteiger partial charge in [0, 0.05) is 24.3 Å². The largest absolute Gasteiger partial charge is 0.444 e. The molecule has 0 aliphatic rings. The monoisotopic (exact) mass is 331 g/mol. The van der Waals surface area contributed by atoms with Gasteiger partial charge in [-0.25, -0.2) is 4.79 Å². The van der Waals surface area contributed by atoms with Gasteiger partial charge in [0.05, 0.1) is 11.6 Å². The van der Waals surface area contributed by atoms with Crippen molar-refractivity contribution in [1.29, 1.82) is 5.26 Å². The number of aryl methyl sites for hydroxylation is 1. The maximum absolute atomic E-state index is 12.4. The molecule has 0 unspecified atom stereocenters. The van der Waals surface area contributed by atoms with E-state index >= 15 is 0 Å². The molecule has 24 heavy (non-hydrogen) atoms. The van der Waals surface area contributed by atoms with Crippen LogP contribution in [0, 0.1) is 18.3 Å². The van der Waals surface area contributed by atoms with E-state index in [9.17, 15) is 4.79 Å². The van der Waals surface area contributed by atoms with E-state index < -0.39 is 5.60 Å². The van der Waals surface area contributed by atoms with Crippen LogP contribution in [0.25, 0.3) is 0 Å². The first-order chi connectivity index (χ1) is 10.9. The molecule has 0 bridgehead atoms. The van der Waals surface area contributed by atoms with Gasteiger partial charge in [-0.05, 0) is 66.2 Å². The van der Waals surface area contributed by atoms with Gasteiger partial charge in [0.1, 0.15) is 5.60 Å². The number of carbonyl (C=O) groups excluding carboxylic acids is 1. The molecule has 1 rings (SSSR count). The SMILES string of the molecule is Cc1ccc(C#N)cc1NCCN(C(=O)OC(C)(C)C)C(C)(C)C. The van der Waals surface area contributed by atoms with E-state index in [1.807, 2.05) is 60.6 Å².